The van der Waals surface area contributed by atoms with E-state index in [9.17, 15) is 14.3 Å². The Morgan fingerprint density at radius 2 is 2.22 bits per heavy atom. The first-order chi connectivity index (χ1) is 12.9. The van der Waals surface area contributed by atoms with Crippen molar-refractivity contribution in [2.45, 2.75) is 31.5 Å². The molecule has 3 rings (SSSR count). The van der Waals surface area contributed by atoms with Gasteiger partial charge in [0.05, 0.1) is 19.6 Å². The summed E-state index contributed by atoms with van der Waals surface area (Å²) in [7, 11) is 3.36. The van der Waals surface area contributed by atoms with E-state index in [1.54, 1.807) is 18.6 Å². The molecule has 2 heterocycles. The van der Waals surface area contributed by atoms with E-state index >= 15 is 0 Å². The van der Waals surface area contributed by atoms with Crippen molar-refractivity contribution in [1.29, 1.82) is 0 Å². The highest BCUT2D eigenvalue weighted by Crippen LogP contribution is 2.27. The van der Waals surface area contributed by atoms with Crippen LogP contribution in [0.15, 0.2) is 41.2 Å². The number of carbonyl (C=O) groups excluding carboxylic acids is 1. The number of hydrogen-bond acceptors (Lipinski definition) is 5. The summed E-state index contributed by atoms with van der Waals surface area (Å²) in [6.07, 6.45) is 4.28. The minimum Gasteiger partial charge on any atom is -0.497 e. The van der Waals surface area contributed by atoms with Crippen LogP contribution in [0, 0.1) is 5.82 Å². The zero-order chi connectivity index (χ0) is 19.4. The number of piperidine rings is 1. The number of carbonyl (C=O) groups is 1. The molecule has 0 aliphatic carbocycles. The van der Waals surface area contributed by atoms with E-state index in [2.05, 4.69) is 0 Å². The van der Waals surface area contributed by atoms with Crippen LogP contribution < -0.4 is 4.74 Å². The van der Waals surface area contributed by atoms with E-state index in [1.807, 2.05) is 18.0 Å². The second-order valence-electron chi connectivity index (χ2n) is 7.12. The van der Waals surface area contributed by atoms with Crippen molar-refractivity contribution in [1.82, 2.24) is 9.80 Å². The Bertz CT molecular complexity index is 780. The van der Waals surface area contributed by atoms with Crippen molar-refractivity contribution >= 4 is 5.91 Å². The summed E-state index contributed by atoms with van der Waals surface area (Å²) < 4.78 is 24.3. The van der Waals surface area contributed by atoms with Crippen molar-refractivity contribution in [3.8, 4) is 5.75 Å². The molecule has 0 radical (unpaired) electrons. The number of benzene rings is 1. The van der Waals surface area contributed by atoms with Crippen LogP contribution >= 0.6 is 0 Å². The van der Waals surface area contributed by atoms with Gasteiger partial charge in [0.1, 0.15) is 11.6 Å². The number of aliphatic hydroxyl groups is 1. The van der Waals surface area contributed by atoms with Gasteiger partial charge in [-0.05, 0) is 44.2 Å². The van der Waals surface area contributed by atoms with E-state index in [4.69, 9.17) is 9.15 Å². The summed E-state index contributed by atoms with van der Waals surface area (Å²) in [6, 6.07) is 6.30. The van der Waals surface area contributed by atoms with Crippen LogP contribution in [0.1, 0.15) is 24.0 Å². The fourth-order valence-electron chi connectivity index (χ4n) is 3.56. The third-order valence-corrected chi connectivity index (χ3v) is 4.88. The minimum absolute atomic E-state index is 0.107. The summed E-state index contributed by atoms with van der Waals surface area (Å²) in [5.74, 6) is -0.226. The van der Waals surface area contributed by atoms with E-state index < -0.39 is 11.4 Å². The van der Waals surface area contributed by atoms with Crippen molar-refractivity contribution < 1.29 is 23.4 Å². The van der Waals surface area contributed by atoms with E-state index in [-0.39, 0.29) is 19.0 Å². The molecular formula is C20H25FN2O4. The lowest BCUT2D eigenvalue weighted by molar-refractivity contribution is -0.160. The number of furan rings is 1. The van der Waals surface area contributed by atoms with Crippen LogP contribution in [-0.4, -0.2) is 53.7 Å². The SMILES string of the molecule is COc1ccc(F)c(CN2CCC[C@](O)(CN(C)Cc3ccoc3)C2=O)c1. The van der Waals surface area contributed by atoms with Gasteiger partial charge in [-0.15, -0.1) is 0 Å². The van der Waals surface area contributed by atoms with Gasteiger partial charge in [0.15, 0.2) is 5.60 Å². The molecule has 1 aliphatic heterocycles. The maximum Gasteiger partial charge on any atom is 0.256 e. The second-order valence-corrected chi connectivity index (χ2v) is 7.12. The molecule has 1 aromatic carbocycles. The Morgan fingerprint density at radius 1 is 1.41 bits per heavy atom. The summed E-state index contributed by atoms with van der Waals surface area (Å²) in [5, 5.41) is 11.0. The van der Waals surface area contributed by atoms with Crippen LogP contribution in [0.4, 0.5) is 4.39 Å². The largest absolute Gasteiger partial charge is 0.497 e. The highest BCUT2D eigenvalue weighted by Gasteiger charge is 2.43. The Balaban J connectivity index is 1.69. The molecule has 1 amide bonds. The normalized spacial score (nSPS) is 20.3. The number of methoxy groups -OCH3 is 1. The Hall–Kier alpha value is -2.38. The zero-order valence-corrected chi connectivity index (χ0v) is 15.7. The zero-order valence-electron chi connectivity index (χ0n) is 15.7. The Morgan fingerprint density at radius 3 is 2.93 bits per heavy atom. The molecule has 7 heteroatoms. The number of amides is 1. The van der Waals surface area contributed by atoms with Crippen LogP contribution in [0.25, 0.3) is 0 Å². The fraction of sp³-hybridized carbons (Fsp3) is 0.450. The standard InChI is InChI=1S/C20H25FN2O4/c1-22(11-15-6-9-27-13-15)14-20(25)7-3-8-23(19(20)24)12-16-10-17(26-2)4-5-18(16)21/h4-6,9-10,13,25H,3,7-8,11-12,14H2,1-2H3/t20-/m0/s1. The smallest absolute Gasteiger partial charge is 0.256 e. The summed E-state index contributed by atoms with van der Waals surface area (Å²) in [6.45, 7) is 1.36. The van der Waals surface area contributed by atoms with E-state index in [0.29, 0.717) is 37.2 Å². The molecule has 1 N–H and O–H groups in total. The number of halogens is 1. The predicted molar refractivity (Wildman–Crippen MR) is 97.6 cm³/mol. The van der Waals surface area contributed by atoms with Crippen LogP contribution in [-0.2, 0) is 17.9 Å². The molecule has 1 aromatic heterocycles. The third kappa shape index (κ3) is 4.48. The molecule has 2 aromatic rings. The van der Waals surface area contributed by atoms with Gasteiger partial charge in [0.25, 0.3) is 5.91 Å². The molecule has 1 aliphatic rings. The minimum atomic E-state index is -1.48. The molecule has 1 saturated heterocycles. The van der Waals surface area contributed by atoms with Gasteiger partial charge < -0.3 is 19.2 Å². The molecule has 6 nitrogen and oxygen atoms in total. The second kappa shape index (κ2) is 8.10. The van der Waals surface area contributed by atoms with E-state index in [1.165, 1.54) is 24.1 Å². The molecule has 0 bridgehead atoms. The third-order valence-electron chi connectivity index (χ3n) is 4.88. The molecule has 1 fully saturated rings. The highest BCUT2D eigenvalue weighted by molar-refractivity contribution is 5.86. The molecule has 0 unspecified atom stereocenters. The van der Waals surface area contributed by atoms with Crippen LogP contribution in [0.2, 0.25) is 0 Å². The molecular weight excluding hydrogens is 351 g/mol. The maximum atomic E-state index is 14.1. The lowest BCUT2D eigenvalue weighted by Crippen LogP contribution is -2.57. The monoisotopic (exact) mass is 376 g/mol. The van der Waals surface area contributed by atoms with Crippen molar-refractivity contribution in [2.24, 2.45) is 0 Å². The fourth-order valence-corrected chi connectivity index (χ4v) is 3.56. The van der Waals surface area contributed by atoms with Crippen molar-refractivity contribution in [2.75, 3.05) is 27.2 Å². The number of likely N-dealkylation sites (tertiary alicyclic amines) is 1. The number of hydrogen-bond donors (Lipinski definition) is 1. The Kier molecular flexibility index (Phi) is 5.82. The molecule has 0 saturated carbocycles. The van der Waals surface area contributed by atoms with Gasteiger partial charge in [0, 0.05) is 37.3 Å². The van der Waals surface area contributed by atoms with Gasteiger partial charge in [-0.1, -0.05) is 0 Å². The number of nitrogens with zero attached hydrogens (tertiary/aromatic N) is 2. The summed E-state index contributed by atoms with van der Waals surface area (Å²) in [4.78, 5) is 16.3. The first kappa shape index (κ1) is 19.4. The molecule has 146 valence electrons. The lowest BCUT2D eigenvalue weighted by atomic mass is 9.90. The van der Waals surface area contributed by atoms with Gasteiger partial charge in [-0.25, -0.2) is 4.39 Å². The topological polar surface area (TPSA) is 66.2 Å². The lowest BCUT2D eigenvalue weighted by Gasteiger charge is -2.40. The maximum absolute atomic E-state index is 14.1. The number of ether oxygens (including phenoxy) is 1. The first-order valence-electron chi connectivity index (χ1n) is 8.95. The van der Waals surface area contributed by atoms with Gasteiger partial charge in [0.2, 0.25) is 0 Å². The summed E-state index contributed by atoms with van der Waals surface area (Å²) >= 11 is 0. The summed E-state index contributed by atoms with van der Waals surface area (Å²) in [5.41, 5.74) is -0.134. The van der Waals surface area contributed by atoms with Crippen molar-refractivity contribution in [3.05, 3.63) is 53.7 Å². The van der Waals surface area contributed by atoms with Crippen LogP contribution in [0.3, 0.4) is 0 Å². The Labute approximate surface area is 158 Å². The highest BCUT2D eigenvalue weighted by atomic mass is 19.1. The molecule has 1 atom stereocenters. The molecule has 27 heavy (non-hydrogen) atoms. The van der Waals surface area contributed by atoms with Gasteiger partial charge in [-0.3, -0.25) is 9.69 Å². The van der Waals surface area contributed by atoms with E-state index in [0.717, 1.165) is 5.56 Å². The number of likely N-dealkylation sites (N-methyl/N-ethyl adjacent to an activating group) is 1. The predicted octanol–water partition coefficient (Wildman–Crippen LogP) is 2.41. The van der Waals surface area contributed by atoms with Crippen molar-refractivity contribution in [3.63, 3.8) is 0 Å². The average molecular weight is 376 g/mol. The quantitative estimate of drug-likeness (QED) is 0.804. The number of rotatable bonds is 7. The first-order valence-corrected chi connectivity index (χ1v) is 8.95. The average Bonchev–Trinajstić information content (AvgIpc) is 3.13. The van der Waals surface area contributed by atoms with Crippen LogP contribution in [0.5, 0.6) is 5.75 Å². The molecule has 0 spiro atoms. The van der Waals surface area contributed by atoms with Gasteiger partial charge in [-0.2, -0.15) is 0 Å². The van der Waals surface area contributed by atoms with Gasteiger partial charge >= 0.3 is 0 Å².